The number of rotatable bonds is 7. The molecular weight excluding hydrogens is 405 g/mol. The minimum Gasteiger partial charge on any atom is -0.338 e. The summed E-state index contributed by atoms with van der Waals surface area (Å²) >= 11 is 12.3. The van der Waals surface area contributed by atoms with Gasteiger partial charge in [-0.3, -0.25) is 9.89 Å². The monoisotopic (exact) mass is 427 g/mol. The zero-order valence-electron chi connectivity index (χ0n) is 16.3. The Morgan fingerprint density at radius 1 is 1.14 bits per heavy atom. The molecule has 0 atom stereocenters. The Morgan fingerprint density at radius 2 is 1.90 bits per heavy atom. The van der Waals surface area contributed by atoms with Gasteiger partial charge < -0.3 is 4.90 Å². The SMILES string of the molecule is CCCN(CC1CC1)C(=O)c1ccc(-c2cc(-c3ccc(Cl)cc3Cl)[nH]n2)cc1. The van der Waals surface area contributed by atoms with Gasteiger partial charge in [0.2, 0.25) is 0 Å². The summed E-state index contributed by atoms with van der Waals surface area (Å²) in [6, 6.07) is 15.0. The highest BCUT2D eigenvalue weighted by Gasteiger charge is 2.26. The molecule has 0 radical (unpaired) electrons. The molecule has 6 heteroatoms. The number of carbonyl (C=O) groups excluding carboxylic acids is 1. The number of carbonyl (C=O) groups is 1. The number of hydrogen-bond acceptors (Lipinski definition) is 2. The number of hydrogen-bond donors (Lipinski definition) is 1. The molecule has 1 fully saturated rings. The summed E-state index contributed by atoms with van der Waals surface area (Å²) in [6.45, 7) is 3.79. The van der Waals surface area contributed by atoms with Crippen molar-refractivity contribution >= 4 is 29.1 Å². The fraction of sp³-hybridized carbons (Fsp3) is 0.304. The molecular formula is C23H23Cl2N3O. The van der Waals surface area contributed by atoms with Gasteiger partial charge >= 0.3 is 0 Å². The third-order valence-corrected chi connectivity index (χ3v) is 5.73. The van der Waals surface area contributed by atoms with E-state index in [1.807, 2.05) is 41.3 Å². The van der Waals surface area contributed by atoms with Crippen LogP contribution in [0.3, 0.4) is 0 Å². The minimum absolute atomic E-state index is 0.112. The number of aromatic nitrogens is 2. The summed E-state index contributed by atoms with van der Waals surface area (Å²) in [4.78, 5) is 14.9. The van der Waals surface area contributed by atoms with Crippen LogP contribution in [-0.2, 0) is 0 Å². The lowest BCUT2D eigenvalue weighted by Crippen LogP contribution is -2.33. The van der Waals surface area contributed by atoms with Crippen LogP contribution in [0.2, 0.25) is 10.0 Å². The van der Waals surface area contributed by atoms with Crippen LogP contribution in [0.4, 0.5) is 0 Å². The van der Waals surface area contributed by atoms with Gasteiger partial charge in [0.15, 0.2) is 0 Å². The van der Waals surface area contributed by atoms with Gasteiger partial charge in [0, 0.05) is 34.8 Å². The first-order chi connectivity index (χ1) is 14.0. The van der Waals surface area contributed by atoms with Gasteiger partial charge in [-0.1, -0.05) is 42.3 Å². The molecule has 0 bridgehead atoms. The number of aromatic amines is 1. The van der Waals surface area contributed by atoms with Gasteiger partial charge in [0.05, 0.1) is 16.4 Å². The van der Waals surface area contributed by atoms with Crippen molar-refractivity contribution in [2.24, 2.45) is 5.92 Å². The van der Waals surface area contributed by atoms with Crippen molar-refractivity contribution in [3.63, 3.8) is 0 Å². The molecule has 1 heterocycles. The lowest BCUT2D eigenvalue weighted by molar-refractivity contribution is 0.0748. The number of amides is 1. The molecule has 1 aromatic heterocycles. The molecule has 1 N–H and O–H groups in total. The summed E-state index contributed by atoms with van der Waals surface area (Å²) in [5, 5.41) is 8.59. The normalized spacial score (nSPS) is 13.5. The third kappa shape index (κ3) is 4.65. The van der Waals surface area contributed by atoms with Gasteiger partial charge in [-0.2, -0.15) is 5.10 Å². The Bertz CT molecular complexity index is 1010. The van der Waals surface area contributed by atoms with Gasteiger partial charge in [-0.15, -0.1) is 0 Å². The molecule has 150 valence electrons. The van der Waals surface area contributed by atoms with Gasteiger partial charge in [-0.25, -0.2) is 0 Å². The molecule has 1 aliphatic rings. The predicted molar refractivity (Wildman–Crippen MR) is 118 cm³/mol. The maximum atomic E-state index is 12.9. The molecule has 0 aliphatic heterocycles. The van der Waals surface area contributed by atoms with Crippen molar-refractivity contribution in [3.8, 4) is 22.5 Å². The van der Waals surface area contributed by atoms with E-state index in [1.54, 1.807) is 12.1 Å². The van der Waals surface area contributed by atoms with Crippen molar-refractivity contribution in [1.29, 1.82) is 0 Å². The number of halogens is 2. The zero-order chi connectivity index (χ0) is 20.4. The van der Waals surface area contributed by atoms with Gasteiger partial charge in [0.1, 0.15) is 0 Å². The van der Waals surface area contributed by atoms with Crippen molar-refractivity contribution < 1.29 is 4.79 Å². The highest BCUT2D eigenvalue weighted by atomic mass is 35.5. The Kier molecular flexibility index (Phi) is 5.93. The Labute approximate surface area is 180 Å². The predicted octanol–water partition coefficient (Wildman–Crippen LogP) is 6.31. The van der Waals surface area contributed by atoms with E-state index < -0.39 is 0 Å². The number of H-pyrrole nitrogens is 1. The Balaban J connectivity index is 1.52. The first kappa shape index (κ1) is 20.0. The summed E-state index contributed by atoms with van der Waals surface area (Å²) in [7, 11) is 0. The molecule has 0 unspecified atom stereocenters. The Hall–Kier alpha value is -2.30. The molecule has 1 saturated carbocycles. The second-order valence-electron chi connectivity index (χ2n) is 7.56. The molecule has 29 heavy (non-hydrogen) atoms. The molecule has 3 aromatic rings. The standard InChI is InChI=1S/C23H23Cl2N3O/c1-2-11-28(14-15-3-4-15)23(29)17-7-5-16(6-8-17)21-13-22(27-26-21)19-10-9-18(24)12-20(19)25/h5-10,12-13,15H,2-4,11,14H2,1H3,(H,26,27). The van der Waals surface area contributed by atoms with Gasteiger partial charge in [-0.05, 0) is 61.6 Å². The highest BCUT2D eigenvalue weighted by molar-refractivity contribution is 6.36. The van der Waals surface area contributed by atoms with Crippen molar-refractivity contribution in [1.82, 2.24) is 15.1 Å². The minimum atomic E-state index is 0.112. The van der Waals surface area contributed by atoms with E-state index in [2.05, 4.69) is 17.1 Å². The largest absolute Gasteiger partial charge is 0.338 e. The van der Waals surface area contributed by atoms with Crippen LogP contribution in [0.5, 0.6) is 0 Å². The van der Waals surface area contributed by atoms with Crippen LogP contribution in [-0.4, -0.2) is 34.1 Å². The van der Waals surface area contributed by atoms with Crippen molar-refractivity contribution in [3.05, 3.63) is 64.1 Å². The summed E-state index contributed by atoms with van der Waals surface area (Å²) < 4.78 is 0. The van der Waals surface area contributed by atoms with Crippen LogP contribution >= 0.6 is 23.2 Å². The first-order valence-corrected chi connectivity index (χ1v) is 10.7. The van der Waals surface area contributed by atoms with E-state index in [0.717, 1.165) is 47.6 Å². The average Bonchev–Trinajstić information content (AvgIpc) is 3.40. The van der Waals surface area contributed by atoms with Crippen LogP contribution in [0.25, 0.3) is 22.5 Å². The van der Waals surface area contributed by atoms with Crippen LogP contribution in [0.15, 0.2) is 48.5 Å². The zero-order valence-corrected chi connectivity index (χ0v) is 17.8. The molecule has 0 spiro atoms. The lowest BCUT2D eigenvalue weighted by atomic mass is 10.1. The summed E-state index contributed by atoms with van der Waals surface area (Å²) in [5.74, 6) is 0.799. The van der Waals surface area contributed by atoms with Crippen LogP contribution in [0.1, 0.15) is 36.5 Å². The van der Waals surface area contributed by atoms with E-state index in [1.165, 1.54) is 12.8 Å². The van der Waals surface area contributed by atoms with Crippen LogP contribution < -0.4 is 0 Å². The summed E-state index contributed by atoms with van der Waals surface area (Å²) in [5.41, 5.74) is 4.13. The van der Waals surface area contributed by atoms with Crippen molar-refractivity contribution in [2.75, 3.05) is 13.1 Å². The number of nitrogens with one attached hydrogen (secondary N) is 1. The van der Waals surface area contributed by atoms with Gasteiger partial charge in [0.25, 0.3) is 5.91 Å². The second-order valence-corrected chi connectivity index (χ2v) is 8.41. The maximum Gasteiger partial charge on any atom is 0.253 e. The summed E-state index contributed by atoms with van der Waals surface area (Å²) in [6.07, 6.45) is 3.46. The number of nitrogens with zero attached hydrogens (tertiary/aromatic N) is 2. The van der Waals surface area contributed by atoms with E-state index in [0.29, 0.717) is 16.0 Å². The fourth-order valence-corrected chi connectivity index (χ4v) is 3.95. The lowest BCUT2D eigenvalue weighted by Gasteiger charge is -2.22. The smallest absolute Gasteiger partial charge is 0.253 e. The van der Waals surface area contributed by atoms with E-state index >= 15 is 0 Å². The van der Waals surface area contributed by atoms with Crippen molar-refractivity contribution in [2.45, 2.75) is 26.2 Å². The first-order valence-electron chi connectivity index (χ1n) is 9.95. The second kappa shape index (κ2) is 8.60. The highest BCUT2D eigenvalue weighted by Crippen LogP contribution is 2.32. The molecule has 1 aliphatic carbocycles. The molecule has 0 saturated heterocycles. The quantitative estimate of drug-likeness (QED) is 0.479. The molecule has 4 rings (SSSR count). The fourth-order valence-electron chi connectivity index (χ4n) is 3.44. The maximum absolute atomic E-state index is 12.9. The van der Waals surface area contributed by atoms with E-state index in [4.69, 9.17) is 23.2 Å². The van der Waals surface area contributed by atoms with Crippen LogP contribution in [0, 0.1) is 5.92 Å². The Morgan fingerprint density at radius 3 is 2.55 bits per heavy atom. The molecule has 1 amide bonds. The van der Waals surface area contributed by atoms with E-state index in [-0.39, 0.29) is 5.91 Å². The average molecular weight is 428 g/mol. The topological polar surface area (TPSA) is 49.0 Å². The molecule has 4 nitrogen and oxygen atoms in total. The number of benzene rings is 2. The molecule has 2 aromatic carbocycles. The van der Waals surface area contributed by atoms with E-state index in [9.17, 15) is 4.79 Å². The third-order valence-electron chi connectivity index (χ3n) is 5.18.